The topological polar surface area (TPSA) is 50.1 Å². The van der Waals surface area contributed by atoms with Gasteiger partial charge in [0.1, 0.15) is 0 Å². The Morgan fingerprint density at radius 2 is 2.24 bits per heavy atom. The summed E-state index contributed by atoms with van der Waals surface area (Å²) in [5.41, 5.74) is 2.37. The molecule has 0 amide bonds. The first-order valence-electron chi connectivity index (χ1n) is 6.10. The lowest BCUT2D eigenvalue weighted by molar-refractivity contribution is 0.289. The van der Waals surface area contributed by atoms with Crippen LogP contribution in [0, 0.1) is 6.92 Å². The highest BCUT2D eigenvalue weighted by Crippen LogP contribution is 2.29. The molecule has 0 aromatic carbocycles. The summed E-state index contributed by atoms with van der Waals surface area (Å²) in [6, 6.07) is 0. The number of nitrogens with zero attached hydrogens (tertiary/aromatic N) is 2. The van der Waals surface area contributed by atoms with Crippen LogP contribution in [-0.4, -0.2) is 33.3 Å². The summed E-state index contributed by atoms with van der Waals surface area (Å²) in [5, 5.41) is 18.4. The number of hydrogen-bond acceptors (Lipinski definition) is 4. The standard InChI is InChI=1S/C12H23N3OS/c1-5-13-8-11-10(3)14-15(4)12(11)17-9(2)6-7-16/h9,13,16H,5-8H2,1-4H3. The summed E-state index contributed by atoms with van der Waals surface area (Å²) in [6.07, 6.45) is 0.815. The van der Waals surface area contributed by atoms with Crippen molar-refractivity contribution in [2.45, 2.75) is 44.0 Å². The molecule has 0 aliphatic rings. The maximum atomic E-state index is 8.95. The minimum absolute atomic E-state index is 0.244. The van der Waals surface area contributed by atoms with E-state index in [2.05, 4.69) is 24.3 Å². The highest BCUT2D eigenvalue weighted by molar-refractivity contribution is 7.99. The first-order valence-corrected chi connectivity index (χ1v) is 6.98. The Morgan fingerprint density at radius 3 is 2.82 bits per heavy atom. The minimum atomic E-state index is 0.244. The molecule has 2 N–H and O–H groups in total. The fourth-order valence-electron chi connectivity index (χ4n) is 1.71. The Kier molecular flexibility index (Phi) is 6.02. The van der Waals surface area contributed by atoms with E-state index in [1.807, 2.05) is 18.7 Å². The van der Waals surface area contributed by atoms with Gasteiger partial charge in [0.05, 0.1) is 10.7 Å². The first-order chi connectivity index (χ1) is 8.10. The van der Waals surface area contributed by atoms with E-state index >= 15 is 0 Å². The van der Waals surface area contributed by atoms with E-state index in [1.54, 1.807) is 11.8 Å². The molecule has 0 bridgehead atoms. The third-order valence-electron chi connectivity index (χ3n) is 2.69. The lowest BCUT2D eigenvalue weighted by Gasteiger charge is -2.12. The Bertz CT molecular complexity index is 352. The van der Waals surface area contributed by atoms with Crippen LogP contribution in [0.1, 0.15) is 31.5 Å². The molecule has 1 atom stereocenters. The number of rotatable bonds is 7. The molecule has 1 unspecified atom stereocenters. The summed E-state index contributed by atoms with van der Waals surface area (Å²) < 4.78 is 1.94. The number of aryl methyl sites for hydroxylation is 2. The number of aromatic nitrogens is 2. The van der Waals surface area contributed by atoms with Gasteiger partial charge in [-0.15, -0.1) is 11.8 Å². The van der Waals surface area contributed by atoms with E-state index in [0.717, 1.165) is 25.2 Å². The molecule has 1 aromatic heterocycles. The van der Waals surface area contributed by atoms with E-state index in [-0.39, 0.29) is 6.61 Å². The maximum Gasteiger partial charge on any atom is 0.0987 e. The Balaban J connectivity index is 2.81. The van der Waals surface area contributed by atoms with Crippen LogP contribution in [0.3, 0.4) is 0 Å². The Labute approximate surface area is 108 Å². The predicted octanol–water partition coefficient (Wildman–Crippen LogP) is 1.70. The molecular formula is C12H23N3OS. The second kappa shape index (κ2) is 7.03. The summed E-state index contributed by atoms with van der Waals surface area (Å²) in [7, 11) is 1.98. The summed E-state index contributed by atoms with van der Waals surface area (Å²) in [6.45, 7) is 8.36. The van der Waals surface area contributed by atoms with E-state index in [4.69, 9.17) is 5.11 Å². The van der Waals surface area contributed by atoms with Crippen LogP contribution in [0.4, 0.5) is 0 Å². The quantitative estimate of drug-likeness (QED) is 0.730. The fourth-order valence-corrected chi connectivity index (χ4v) is 2.87. The molecule has 98 valence electrons. The van der Waals surface area contributed by atoms with Crippen molar-refractivity contribution in [3.05, 3.63) is 11.3 Å². The smallest absolute Gasteiger partial charge is 0.0987 e. The highest BCUT2D eigenvalue weighted by Gasteiger charge is 2.15. The van der Waals surface area contributed by atoms with Crippen molar-refractivity contribution in [1.29, 1.82) is 0 Å². The molecular weight excluding hydrogens is 234 g/mol. The molecule has 0 spiro atoms. The van der Waals surface area contributed by atoms with Gasteiger partial charge in [0.2, 0.25) is 0 Å². The van der Waals surface area contributed by atoms with Crippen molar-refractivity contribution in [3.8, 4) is 0 Å². The molecule has 1 aromatic rings. The van der Waals surface area contributed by atoms with Gasteiger partial charge in [-0.05, 0) is 19.9 Å². The third kappa shape index (κ3) is 4.01. The molecule has 0 saturated carbocycles. The Hall–Kier alpha value is -0.520. The lowest BCUT2D eigenvalue weighted by atomic mass is 10.2. The first kappa shape index (κ1) is 14.5. The second-order valence-corrected chi connectivity index (χ2v) is 5.64. The van der Waals surface area contributed by atoms with Gasteiger partial charge in [-0.3, -0.25) is 4.68 Å². The predicted molar refractivity (Wildman–Crippen MR) is 72.3 cm³/mol. The van der Waals surface area contributed by atoms with Gasteiger partial charge in [0, 0.05) is 31.0 Å². The average Bonchev–Trinajstić information content (AvgIpc) is 2.52. The van der Waals surface area contributed by atoms with Crippen LogP contribution in [-0.2, 0) is 13.6 Å². The van der Waals surface area contributed by atoms with Crippen molar-refractivity contribution in [3.63, 3.8) is 0 Å². The van der Waals surface area contributed by atoms with Gasteiger partial charge in [-0.2, -0.15) is 5.10 Å². The number of hydrogen-bond donors (Lipinski definition) is 2. The van der Waals surface area contributed by atoms with Gasteiger partial charge in [0.15, 0.2) is 0 Å². The average molecular weight is 257 g/mol. The largest absolute Gasteiger partial charge is 0.396 e. The van der Waals surface area contributed by atoms with Gasteiger partial charge in [0.25, 0.3) is 0 Å². The number of thioether (sulfide) groups is 1. The van der Waals surface area contributed by atoms with Crippen molar-refractivity contribution in [1.82, 2.24) is 15.1 Å². The zero-order chi connectivity index (χ0) is 12.8. The van der Waals surface area contributed by atoms with E-state index in [9.17, 15) is 0 Å². The van der Waals surface area contributed by atoms with Crippen LogP contribution in [0.25, 0.3) is 0 Å². The summed E-state index contributed by atoms with van der Waals surface area (Å²) in [4.78, 5) is 0. The number of aliphatic hydroxyl groups is 1. The zero-order valence-electron chi connectivity index (χ0n) is 11.2. The lowest BCUT2D eigenvalue weighted by Crippen LogP contribution is -2.13. The van der Waals surface area contributed by atoms with Gasteiger partial charge < -0.3 is 10.4 Å². The van der Waals surface area contributed by atoms with Crippen LogP contribution < -0.4 is 5.32 Å². The normalized spacial score (nSPS) is 13.0. The summed E-state index contributed by atoms with van der Waals surface area (Å²) >= 11 is 1.79. The zero-order valence-corrected chi connectivity index (χ0v) is 12.0. The van der Waals surface area contributed by atoms with Crippen LogP contribution in [0.2, 0.25) is 0 Å². The fraction of sp³-hybridized carbons (Fsp3) is 0.750. The molecule has 0 fully saturated rings. The Morgan fingerprint density at radius 1 is 1.53 bits per heavy atom. The van der Waals surface area contributed by atoms with Crippen molar-refractivity contribution >= 4 is 11.8 Å². The van der Waals surface area contributed by atoms with Crippen LogP contribution in [0.15, 0.2) is 5.03 Å². The van der Waals surface area contributed by atoms with Crippen molar-refractivity contribution in [2.24, 2.45) is 7.05 Å². The molecule has 0 radical (unpaired) electrons. The van der Waals surface area contributed by atoms with Gasteiger partial charge in [-0.25, -0.2) is 0 Å². The number of aliphatic hydroxyl groups excluding tert-OH is 1. The molecule has 1 heterocycles. The van der Waals surface area contributed by atoms with Crippen LogP contribution in [0.5, 0.6) is 0 Å². The molecule has 0 saturated heterocycles. The molecule has 0 aliphatic carbocycles. The van der Waals surface area contributed by atoms with E-state index in [0.29, 0.717) is 5.25 Å². The van der Waals surface area contributed by atoms with E-state index in [1.165, 1.54) is 10.6 Å². The highest BCUT2D eigenvalue weighted by atomic mass is 32.2. The molecule has 1 rings (SSSR count). The van der Waals surface area contributed by atoms with E-state index < -0.39 is 0 Å². The van der Waals surface area contributed by atoms with Crippen molar-refractivity contribution < 1.29 is 5.11 Å². The third-order valence-corrected chi connectivity index (χ3v) is 4.06. The molecule has 0 aliphatic heterocycles. The van der Waals surface area contributed by atoms with Gasteiger partial charge >= 0.3 is 0 Å². The summed E-state index contributed by atoms with van der Waals surface area (Å²) in [5.74, 6) is 0. The molecule has 17 heavy (non-hydrogen) atoms. The molecule has 5 heteroatoms. The SMILES string of the molecule is CCNCc1c(C)nn(C)c1SC(C)CCO. The van der Waals surface area contributed by atoms with Crippen LogP contribution >= 0.6 is 11.8 Å². The van der Waals surface area contributed by atoms with Gasteiger partial charge in [-0.1, -0.05) is 13.8 Å². The minimum Gasteiger partial charge on any atom is -0.396 e. The van der Waals surface area contributed by atoms with Crippen molar-refractivity contribution in [2.75, 3.05) is 13.2 Å². The maximum absolute atomic E-state index is 8.95. The monoisotopic (exact) mass is 257 g/mol. The molecule has 4 nitrogen and oxygen atoms in total. The second-order valence-electron chi connectivity index (χ2n) is 4.21. The number of nitrogens with one attached hydrogen (secondary N) is 1.